The second-order valence-electron chi connectivity index (χ2n) is 4.36. The summed E-state index contributed by atoms with van der Waals surface area (Å²) < 4.78 is 0. The van der Waals surface area contributed by atoms with E-state index < -0.39 is 35.3 Å². The van der Waals surface area contributed by atoms with Crippen molar-refractivity contribution in [3.05, 3.63) is 0 Å². The number of carboxylic acids is 2. The molecule has 0 saturated heterocycles. The largest absolute Gasteiger partial charge is 0.481 e. The summed E-state index contributed by atoms with van der Waals surface area (Å²) in [5.74, 6) is -3.19. The summed E-state index contributed by atoms with van der Waals surface area (Å²) in [4.78, 5) is 33.0. The van der Waals surface area contributed by atoms with Crippen molar-refractivity contribution in [1.82, 2.24) is 10.6 Å². The van der Waals surface area contributed by atoms with Crippen LogP contribution in [0.5, 0.6) is 0 Å². The lowest BCUT2D eigenvalue weighted by atomic mass is 9.94. The van der Waals surface area contributed by atoms with Gasteiger partial charge in [-0.1, -0.05) is 0 Å². The van der Waals surface area contributed by atoms with Gasteiger partial charge in [-0.2, -0.15) is 0 Å². The van der Waals surface area contributed by atoms with Crippen LogP contribution in [0, 0.1) is 11.3 Å². The number of carbonyl (C=O) groups is 3. The molecule has 0 spiro atoms. The second kappa shape index (κ2) is 5.21. The molecule has 3 atom stereocenters. The van der Waals surface area contributed by atoms with Gasteiger partial charge in [0.1, 0.15) is 6.04 Å². The van der Waals surface area contributed by atoms with Crippen LogP contribution in [0.25, 0.3) is 0 Å². The number of urea groups is 1. The zero-order valence-corrected chi connectivity index (χ0v) is 9.97. The second-order valence-corrected chi connectivity index (χ2v) is 4.36. The fourth-order valence-corrected chi connectivity index (χ4v) is 2.02. The summed E-state index contributed by atoms with van der Waals surface area (Å²) in [5.41, 5.74) is 4.42. The molecule has 0 aromatic heterocycles. The monoisotopic (exact) mass is 259 g/mol. The number of aliphatic carboxylic acids is 2. The lowest BCUT2D eigenvalue weighted by molar-refractivity contribution is -0.142. The Balaban J connectivity index is 2.67. The van der Waals surface area contributed by atoms with Gasteiger partial charge >= 0.3 is 18.0 Å². The van der Waals surface area contributed by atoms with Crippen LogP contribution in [0.4, 0.5) is 4.79 Å². The molecule has 0 radical (unpaired) electrons. The summed E-state index contributed by atoms with van der Waals surface area (Å²) >= 11 is 0. The van der Waals surface area contributed by atoms with Crippen LogP contribution in [0.2, 0.25) is 0 Å². The van der Waals surface area contributed by atoms with Gasteiger partial charge in [-0.05, 0) is 13.3 Å². The van der Waals surface area contributed by atoms with Crippen LogP contribution in [-0.4, -0.2) is 47.3 Å². The summed E-state index contributed by atoms with van der Waals surface area (Å²) in [6.07, 6.45) is 0.155. The van der Waals surface area contributed by atoms with Gasteiger partial charge in [0.15, 0.2) is 0 Å². The SMILES string of the molecule is CCNC(=O)NCC1(C(N)C(=O)O)CC1C(=O)O. The Morgan fingerprint density at radius 1 is 1.39 bits per heavy atom. The van der Waals surface area contributed by atoms with Crippen molar-refractivity contribution < 1.29 is 24.6 Å². The predicted molar refractivity (Wildman–Crippen MR) is 60.9 cm³/mol. The molecule has 1 saturated carbocycles. The lowest BCUT2D eigenvalue weighted by Gasteiger charge is -2.21. The molecule has 6 N–H and O–H groups in total. The normalized spacial score (nSPS) is 27.1. The van der Waals surface area contributed by atoms with Crippen molar-refractivity contribution in [2.75, 3.05) is 13.1 Å². The average molecular weight is 259 g/mol. The van der Waals surface area contributed by atoms with E-state index in [9.17, 15) is 14.4 Å². The van der Waals surface area contributed by atoms with Crippen molar-refractivity contribution in [2.24, 2.45) is 17.1 Å². The minimum absolute atomic E-state index is 0.0662. The van der Waals surface area contributed by atoms with E-state index in [-0.39, 0.29) is 13.0 Å². The first kappa shape index (κ1) is 14.2. The van der Waals surface area contributed by atoms with Gasteiger partial charge in [0, 0.05) is 18.5 Å². The smallest absolute Gasteiger partial charge is 0.321 e. The van der Waals surface area contributed by atoms with E-state index in [0.29, 0.717) is 6.54 Å². The summed E-state index contributed by atoms with van der Waals surface area (Å²) in [5, 5.41) is 22.7. The Hall–Kier alpha value is -1.83. The molecular formula is C10H17N3O5. The molecule has 102 valence electrons. The Morgan fingerprint density at radius 3 is 2.39 bits per heavy atom. The zero-order chi connectivity index (χ0) is 13.9. The number of amides is 2. The van der Waals surface area contributed by atoms with Gasteiger partial charge in [-0.15, -0.1) is 0 Å². The number of carboxylic acid groups (broad SMARTS) is 2. The summed E-state index contributed by atoms with van der Waals surface area (Å²) in [7, 11) is 0. The molecule has 18 heavy (non-hydrogen) atoms. The van der Waals surface area contributed by atoms with E-state index in [1.54, 1.807) is 6.92 Å². The third kappa shape index (κ3) is 2.70. The van der Waals surface area contributed by atoms with E-state index in [0.717, 1.165) is 0 Å². The fourth-order valence-electron chi connectivity index (χ4n) is 2.02. The first-order valence-electron chi connectivity index (χ1n) is 5.58. The van der Waals surface area contributed by atoms with Crippen LogP contribution in [0.3, 0.4) is 0 Å². The number of carbonyl (C=O) groups excluding carboxylic acids is 1. The number of nitrogens with two attached hydrogens (primary N) is 1. The van der Waals surface area contributed by atoms with Gasteiger partial charge in [-0.25, -0.2) is 4.79 Å². The third-order valence-corrected chi connectivity index (χ3v) is 3.22. The number of rotatable bonds is 6. The Bertz CT molecular complexity index is 373. The lowest BCUT2D eigenvalue weighted by Crippen LogP contribution is -2.49. The van der Waals surface area contributed by atoms with Crippen molar-refractivity contribution in [1.29, 1.82) is 0 Å². The first-order chi connectivity index (χ1) is 8.35. The van der Waals surface area contributed by atoms with Crippen LogP contribution in [0.15, 0.2) is 0 Å². The highest BCUT2D eigenvalue weighted by Crippen LogP contribution is 2.54. The van der Waals surface area contributed by atoms with Gasteiger partial charge < -0.3 is 26.6 Å². The molecule has 0 bridgehead atoms. The van der Waals surface area contributed by atoms with E-state index in [1.165, 1.54) is 0 Å². The Labute approximate surface area is 104 Å². The maximum absolute atomic E-state index is 11.2. The quantitative estimate of drug-likeness (QED) is 0.406. The molecule has 0 heterocycles. The molecule has 1 fully saturated rings. The van der Waals surface area contributed by atoms with Gasteiger partial charge in [0.2, 0.25) is 0 Å². The number of nitrogens with one attached hydrogen (secondary N) is 2. The van der Waals surface area contributed by atoms with E-state index in [1.807, 2.05) is 0 Å². The molecular weight excluding hydrogens is 242 g/mol. The van der Waals surface area contributed by atoms with E-state index >= 15 is 0 Å². The Kier molecular flexibility index (Phi) is 4.12. The maximum atomic E-state index is 11.2. The minimum atomic E-state index is -1.31. The number of hydrogen-bond acceptors (Lipinski definition) is 4. The Morgan fingerprint density at radius 2 is 2.00 bits per heavy atom. The van der Waals surface area contributed by atoms with Crippen LogP contribution in [-0.2, 0) is 9.59 Å². The summed E-state index contributed by atoms with van der Waals surface area (Å²) in [6.45, 7) is 2.09. The predicted octanol–water partition coefficient (Wildman–Crippen LogP) is -1.19. The number of hydrogen-bond donors (Lipinski definition) is 5. The van der Waals surface area contributed by atoms with Crippen LogP contribution < -0.4 is 16.4 Å². The molecule has 0 aromatic rings. The van der Waals surface area contributed by atoms with Crippen LogP contribution in [0.1, 0.15) is 13.3 Å². The topological polar surface area (TPSA) is 142 Å². The molecule has 1 aliphatic carbocycles. The summed E-state index contributed by atoms with van der Waals surface area (Å²) in [6, 6.07) is -1.77. The zero-order valence-electron chi connectivity index (χ0n) is 9.97. The van der Waals surface area contributed by atoms with E-state index in [2.05, 4.69) is 10.6 Å². The highest BCUT2D eigenvalue weighted by atomic mass is 16.4. The van der Waals surface area contributed by atoms with Gasteiger partial charge in [-0.3, -0.25) is 9.59 Å². The molecule has 2 amide bonds. The van der Waals surface area contributed by atoms with Crippen molar-refractivity contribution >= 4 is 18.0 Å². The van der Waals surface area contributed by atoms with Crippen molar-refractivity contribution in [2.45, 2.75) is 19.4 Å². The molecule has 0 aromatic carbocycles. The molecule has 8 nitrogen and oxygen atoms in total. The van der Waals surface area contributed by atoms with Gasteiger partial charge in [0.05, 0.1) is 5.92 Å². The molecule has 1 rings (SSSR count). The van der Waals surface area contributed by atoms with Crippen LogP contribution >= 0.6 is 0 Å². The fraction of sp³-hybridized carbons (Fsp3) is 0.700. The highest BCUT2D eigenvalue weighted by Gasteiger charge is 2.64. The molecule has 1 aliphatic rings. The molecule has 3 unspecified atom stereocenters. The van der Waals surface area contributed by atoms with Crippen molar-refractivity contribution in [3.8, 4) is 0 Å². The molecule has 0 aliphatic heterocycles. The highest BCUT2D eigenvalue weighted by molar-refractivity contribution is 5.82. The third-order valence-electron chi connectivity index (χ3n) is 3.22. The average Bonchev–Trinajstić information content (AvgIpc) is 3.02. The maximum Gasteiger partial charge on any atom is 0.321 e. The standard InChI is InChI=1S/C10H17N3O5/c1-2-12-9(18)13-4-10(6(11)8(16)17)3-5(10)7(14)15/h5-6H,2-4,11H2,1H3,(H,14,15)(H,16,17)(H2,12,13,18). The van der Waals surface area contributed by atoms with E-state index in [4.69, 9.17) is 15.9 Å². The van der Waals surface area contributed by atoms with Gasteiger partial charge in [0.25, 0.3) is 0 Å². The van der Waals surface area contributed by atoms with Crippen molar-refractivity contribution in [3.63, 3.8) is 0 Å². The first-order valence-corrected chi connectivity index (χ1v) is 5.58. The molecule has 8 heteroatoms. The minimum Gasteiger partial charge on any atom is -0.481 e.